The molecule has 0 spiro atoms. The maximum atomic E-state index is 12.9. The zero-order valence-corrected chi connectivity index (χ0v) is 18.9. The number of carbonyl (C=O) groups is 4. The molecule has 0 saturated carbocycles. The summed E-state index contributed by atoms with van der Waals surface area (Å²) in [5.74, 6) is -3.01. The lowest BCUT2D eigenvalue weighted by molar-refractivity contribution is -0.138. The molecule has 10 heteroatoms. The molecule has 1 rings (SSSR count). The van der Waals surface area contributed by atoms with Crippen LogP contribution in [-0.4, -0.2) is 58.6 Å². The molecule has 178 valence electrons. The highest BCUT2D eigenvalue weighted by Gasteiger charge is 2.30. The van der Waals surface area contributed by atoms with Crippen LogP contribution in [0.5, 0.6) is 5.75 Å². The monoisotopic (exact) mass is 450 g/mol. The lowest BCUT2D eigenvalue weighted by Gasteiger charge is -2.27. The highest BCUT2D eigenvalue weighted by atomic mass is 16.4. The Morgan fingerprint density at radius 3 is 2.03 bits per heavy atom. The van der Waals surface area contributed by atoms with Crippen molar-refractivity contribution in [1.29, 1.82) is 0 Å². The van der Waals surface area contributed by atoms with Crippen molar-refractivity contribution in [3.05, 3.63) is 29.8 Å². The van der Waals surface area contributed by atoms with Gasteiger partial charge in [0, 0.05) is 0 Å². The molecule has 1 aromatic rings. The normalized spacial score (nSPS) is 13.8. The van der Waals surface area contributed by atoms with Gasteiger partial charge in [0.05, 0.1) is 6.04 Å². The topological polar surface area (TPSA) is 171 Å². The van der Waals surface area contributed by atoms with Gasteiger partial charge in [0.15, 0.2) is 0 Å². The SMILES string of the molecule is CC(C)CC(NC(=O)C(NC(=O)C(N)Cc1ccc(O)cc1)C(C)C)C(=O)NCC(=O)O. The van der Waals surface area contributed by atoms with E-state index < -0.39 is 48.4 Å². The third kappa shape index (κ3) is 9.34. The van der Waals surface area contributed by atoms with Gasteiger partial charge in [-0.3, -0.25) is 19.2 Å². The van der Waals surface area contributed by atoms with E-state index in [2.05, 4.69) is 16.0 Å². The Kier molecular flexibility index (Phi) is 10.6. The van der Waals surface area contributed by atoms with Gasteiger partial charge in [-0.1, -0.05) is 39.8 Å². The number of nitrogens with one attached hydrogen (secondary N) is 3. The molecule has 0 radical (unpaired) electrons. The van der Waals surface area contributed by atoms with Crippen LogP contribution in [0.15, 0.2) is 24.3 Å². The second kappa shape index (κ2) is 12.7. The van der Waals surface area contributed by atoms with Crippen LogP contribution in [0, 0.1) is 11.8 Å². The summed E-state index contributed by atoms with van der Waals surface area (Å²) in [4.78, 5) is 48.6. The van der Waals surface area contributed by atoms with Gasteiger partial charge in [0.2, 0.25) is 17.7 Å². The molecule has 3 amide bonds. The van der Waals surface area contributed by atoms with Crippen molar-refractivity contribution in [2.45, 2.75) is 58.7 Å². The predicted octanol–water partition coefficient (Wildman–Crippen LogP) is 0.135. The summed E-state index contributed by atoms with van der Waals surface area (Å²) >= 11 is 0. The molecule has 3 atom stereocenters. The first-order valence-corrected chi connectivity index (χ1v) is 10.5. The van der Waals surface area contributed by atoms with Crippen molar-refractivity contribution in [1.82, 2.24) is 16.0 Å². The molecule has 3 unspecified atom stereocenters. The Morgan fingerprint density at radius 1 is 0.938 bits per heavy atom. The first-order chi connectivity index (χ1) is 14.9. The zero-order valence-electron chi connectivity index (χ0n) is 18.9. The molecule has 0 aliphatic rings. The smallest absolute Gasteiger partial charge is 0.322 e. The molecular formula is C22H34N4O6. The lowest BCUT2D eigenvalue weighted by atomic mass is 9.99. The minimum absolute atomic E-state index is 0.0571. The van der Waals surface area contributed by atoms with E-state index >= 15 is 0 Å². The molecule has 0 heterocycles. The largest absolute Gasteiger partial charge is 0.508 e. The molecule has 0 aliphatic carbocycles. The van der Waals surface area contributed by atoms with Crippen molar-refractivity contribution in [2.75, 3.05) is 6.54 Å². The number of hydrogen-bond acceptors (Lipinski definition) is 6. The summed E-state index contributed by atoms with van der Waals surface area (Å²) in [7, 11) is 0. The molecule has 0 bridgehead atoms. The van der Waals surface area contributed by atoms with Gasteiger partial charge < -0.3 is 31.9 Å². The maximum absolute atomic E-state index is 12.9. The van der Waals surface area contributed by atoms with Crippen LogP contribution in [0.3, 0.4) is 0 Å². The Bertz CT molecular complexity index is 794. The number of phenols is 1. The quantitative estimate of drug-likeness (QED) is 0.263. The van der Waals surface area contributed by atoms with Crippen molar-refractivity contribution in [3.8, 4) is 5.75 Å². The number of aliphatic carboxylic acids is 1. The van der Waals surface area contributed by atoms with E-state index in [-0.39, 0.29) is 24.0 Å². The van der Waals surface area contributed by atoms with E-state index in [0.29, 0.717) is 6.42 Å². The Labute approximate surface area is 187 Å². The number of benzene rings is 1. The molecule has 7 N–H and O–H groups in total. The van der Waals surface area contributed by atoms with E-state index in [1.165, 1.54) is 12.1 Å². The number of amides is 3. The van der Waals surface area contributed by atoms with E-state index in [9.17, 15) is 24.3 Å². The van der Waals surface area contributed by atoms with E-state index in [4.69, 9.17) is 10.8 Å². The number of carbonyl (C=O) groups excluding carboxylic acids is 3. The summed E-state index contributed by atoms with van der Waals surface area (Å²) in [5, 5.41) is 25.7. The number of carboxylic acid groups (broad SMARTS) is 1. The highest BCUT2D eigenvalue weighted by Crippen LogP contribution is 2.12. The van der Waals surface area contributed by atoms with Crippen LogP contribution in [0.1, 0.15) is 39.7 Å². The Hall–Kier alpha value is -3.14. The summed E-state index contributed by atoms with van der Waals surface area (Å²) in [5.41, 5.74) is 6.75. The summed E-state index contributed by atoms with van der Waals surface area (Å²) in [6.45, 7) is 6.68. The van der Waals surface area contributed by atoms with E-state index in [1.54, 1.807) is 26.0 Å². The molecule has 0 fully saturated rings. The number of phenolic OH excluding ortho intramolecular Hbond substituents is 1. The minimum Gasteiger partial charge on any atom is -0.508 e. The Morgan fingerprint density at radius 2 is 1.53 bits per heavy atom. The standard InChI is InChI=1S/C22H34N4O6/c1-12(2)9-17(21(31)24-11-18(28)29)25-22(32)19(13(3)4)26-20(30)16(23)10-14-5-7-15(27)8-6-14/h5-8,12-13,16-17,19,27H,9-11,23H2,1-4H3,(H,24,31)(H,25,32)(H,26,30)(H,28,29). The fraction of sp³-hybridized carbons (Fsp3) is 0.545. The van der Waals surface area contributed by atoms with Gasteiger partial charge in [0.25, 0.3) is 0 Å². The van der Waals surface area contributed by atoms with E-state index in [1.807, 2.05) is 13.8 Å². The second-order valence-electron chi connectivity index (χ2n) is 8.51. The van der Waals surface area contributed by atoms with Crippen molar-refractivity contribution < 1.29 is 29.4 Å². The van der Waals surface area contributed by atoms with Crippen LogP contribution in [0.4, 0.5) is 0 Å². The molecule has 0 saturated heterocycles. The average molecular weight is 451 g/mol. The predicted molar refractivity (Wildman–Crippen MR) is 119 cm³/mol. The molecule has 1 aromatic carbocycles. The lowest BCUT2D eigenvalue weighted by Crippen LogP contribution is -2.58. The molecular weight excluding hydrogens is 416 g/mol. The maximum Gasteiger partial charge on any atom is 0.322 e. The van der Waals surface area contributed by atoms with Crippen molar-refractivity contribution in [3.63, 3.8) is 0 Å². The van der Waals surface area contributed by atoms with Gasteiger partial charge in [-0.05, 0) is 42.4 Å². The van der Waals surface area contributed by atoms with Gasteiger partial charge in [0.1, 0.15) is 24.4 Å². The van der Waals surface area contributed by atoms with Gasteiger partial charge in [-0.25, -0.2) is 0 Å². The number of rotatable bonds is 12. The number of carboxylic acids is 1. The first kappa shape index (κ1) is 26.9. The van der Waals surface area contributed by atoms with E-state index in [0.717, 1.165) is 5.56 Å². The fourth-order valence-electron chi connectivity index (χ4n) is 3.02. The molecule has 0 aliphatic heterocycles. The molecule has 10 nitrogen and oxygen atoms in total. The molecule has 32 heavy (non-hydrogen) atoms. The number of hydrogen-bond donors (Lipinski definition) is 6. The van der Waals surface area contributed by atoms with Crippen LogP contribution >= 0.6 is 0 Å². The van der Waals surface area contributed by atoms with Crippen LogP contribution < -0.4 is 21.7 Å². The summed E-state index contributed by atoms with van der Waals surface area (Å²) in [6.07, 6.45) is 0.516. The second-order valence-corrected chi connectivity index (χ2v) is 8.51. The van der Waals surface area contributed by atoms with Gasteiger partial charge in [-0.15, -0.1) is 0 Å². The summed E-state index contributed by atoms with van der Waals surface area (Å²) < 4.78 is 0. The Balaban J connectivity index is 2.82. The van der Waals surface area contributed by atoms with Crippen molar-refractivity contribution in [2.24, 2.45) is 17.6 Å². The van der Waals surface area contributed by atoms with Crippen LogP contribution in [0.2, 0.25) is 0 Å². The minimum atomic E-state index is -1.19. The average Bonchev–Trinajstić information content (AvgIpc) is 2.70. The van der Waals surface area contributed by atoms with Crippen LogP contribution in [0.25, 0.3) is 0 Å². The third-order valence-corrected chi connectivity index (χ3v) is 4.73. The van der Waals surface area contributed by atoms with Crippen LogP contribution in [-0.2, 0) is 25.6 Å². The van der Waals surface area contributed by atoms with Crippen molar-refractivity contribution >= 4 is 23.7 Å². The summed E-state index contributed by atoms with van der Waals surface area (Å²) in [6, 6.07) is 3.51. The highest BCUT2D eigenvalue weighted by molar-refractivity contribution is 5.93. The first-order valence-electron chi connectivity index (χ1n) is 10.5. The van der Waals surface area contributed by atoms with Gasteiger partial charge in [-0.2, -0.15) is 0 Å². The van der Waals surface area contributed by atoms with Gasteiger partial charge >= 0.3 is 5.97 Å². The number of nitrogens with two attached hydrogens (primary N) is 1. The fourth-order valence-corrected chi connectivity index (χ4v) is 3.02. The third-order valence-electron chi connectivity index (χ3n) is 4.73. The molecule has 0 aromatic heterocycles. The zero-order chi connectivity index (χ0) is 24.4. The number of aromatic hydroxyl groups is 1.